The van der Waals surface area contributed by atoms with Gasteiger partial charge in [0.05, 0.1) is 23.3 Å². The maximum Gasteiger partial charge on any atom is 0.0602 e. The van der Waals surface area contributed by atoms with Gasteiger partial charge in [-0.25, -0.2) is 0 Å². The van der Waals surface area contributed by atoms with Gasteiger partial charge in [0.25, 0.3) is 0 Å². The van der Waals surface area contributed by atoms with Crippen molar-refractivity contribution in [3.63, 3.8) is 0 Å². The predicted molar refractivity (Wildman–Crippen MR) is 128 cm³/mol. The molecule has 0 atom stereocenters. The van der Waals surface area contributed by atoms with Gasteiger partial charge in [-0.2, -0.15) is 5.10 Å². The zero-order valence-corrected chi connectivity index (χ0v) is 17.5. The van der Waals surface area contributed by atoms with E-state index in [1.807, 2.05) is 48.2 Å². The Kier molecular flexibility index (Phi) is 4.99. The molecular formula is C26H21N3S. The van der Waals surface area contributed by atoms with Crippen molar-refractivity contribution in [3.8, 4) is 0 Å². The summed E-state index contributed by atoms with van der Waals surface area (Å²) in [7, 11) is 1.96. The summed E-state index contributed by atoms with van der Waals surface area (Å²) in [5.74, 6) is 0. The van der Waals surface area contributed by atoms with Gasteiger partial charge < -0.3 is 4.90 Å². The molecule has 0 aromatic heterocycles. The van der Waals surface area contributed by atoms with Crippen molar-refractivity contribution in [3.05, 3.63) is 109 Å². The molecule has 30 heavy (non-hydrogen) atoms. The van der Waals surface area contributed by atoms with Gasteiger partial charge in [-0.05, 0) is 54.1 Å². The van der Waals surface area contributed by atoms with E-state index in [1.54, 1.807) is 0 Å². The van der Waals surface area contributed by atoms with E-state index in [4.69, 9.17) is 0 Å². The number of nitrogens with zero attached hydrogens (tertiary/aromatic N) is 3. The van der Waals surface area contributed by atoms with Crippen LogP contribution in [0.15, 0.2) is 118 Å². The molecule has 0 spiro atoms. The Hall–Kier alpha value is -3.50. The summed E-state index contributed by atoms with van der Waals surface area (Å²) in [6.07, 6.45) is 1.92. The highest BCUT2D eigenvalue weighted by molar-refractivity contribution is 7.99. The molecular weight excluding hydrogens is 386 g/mol. The minimum atomic E-state index is 1.06. The second-order valence-electron chi connectivity index (χ2n) is 7.07. The predicted octanol–water partition coefficient (Wildman–Crippen LogP) is 7.09. The van der Waals surface area contributed by atoms with Gasteiger partial charge in [-0.15, -0.1) is 0 Å². The SMILES string of the molecule is CN(N=Cc1ccc2c(c1)Sc1ccccc1N2c1ccccc1)c1ccccc1. The maximum atomic E-state index is 4.62. The third kappa shape index (κ3) is 3.58. The smallest absolute Gasteiger partial charge is 0.0602 e. The Bertz CT molecular complexity index is 1190. The second kappa shape index (κ2) is 8.09. The van der Waals surface area contributed by atoms with E-state index in [9.17, 15) is 0 Å². The van der Waals surface area contributed by atoms with Gasteiger partial charge in [-0.1, -0.05) is 66.4 Å². The Morgan fingerprint density at radius 1 is 0.733 bits per heavy atom. The average molecular weight is 408 g/mol. The number of hydrogen-bond donors (Lipinski definition) is 0. The van der Waals surface area contributed by atoms with Crippen molar-refractivity contribution in [2.24, 2.45) is 5.10 Å². The van der Waals surface area contributed by atoms with Crippen molar-refractivity contribution in [2.75, 3.05) is 17.0 Å². The van der Waals surface area contributed by atoms with Crippen LogP contribution < -0.4 is 9.91 Å². The topological polar surface area (TPSA) is 18.8 Å². The van der Waals surface area contributed by atoms with Crippen molar-refractivity contribution >= 4 is 40.7 Å². The maximum absolute atomic E-state index is 4.62. The fourth-order valence-corrected chi connectivity index (χ4v) is 4.68. The Labute approximate surface area is 181 Å². The van der Waals surface area contributed by atoms with Crippen LogP contribution in [0.1, 0.15) is 5.56 Å². The zero-order valence-electron chi connectivity index (χ0n) is 16.6. The van der Waals surface area contributed by atoms with Crippen molar-refractivity contribution < 1.29 is 0 Å². The van der Waals surface area contributed by atoms with Crippen LogP contribution in [0.3, 0.4) is 0 Å². The van der Waals surface area contributed by atoms with E-state index in [1.165, 1.54) is 21.2 Å². The molecule has 4 aromatic carbocycles. The number of benzene rings is 4. The summed E-state index contributed by atoms with van der Waals surface area (Å²) in [5, 5.41) is 6.51. The van der Waals surface area contributed by atoms with Crippen LogP contribution in [0.5, 0.6) is 0 Å². The number of fused-ring (bicyclic) bond motifs is 2. The Balaban J connectivity index is 1.50. The molecule has 0 saturated carbocycles. The summed E-state index contributed by atoms with van der Waals surface area (Å²) in [6.45, 7) is 0. The molecule has 4 heteroatoms. The minimum absolute atomic E-state index is 1.06. The van der Waals surface area contributed by atoms with E-state index in [0.717, 1.165) is 16.9 Å². The van der Waals surface area contributed by atoms with Gasteiger partial charge in [0.1, 0.15) is 0 Å². The van der Waals surface area contributed by atoms with E-state index < -0.39 is 0 Å². The lowest BCUT2D eigenvalue weighted by molar-refractivity contribution is 1.02. The molecule has 0 fully saturated rings. The quantitative estimate of drug-likeness (QED) is 0.234. The summed E-state index contributed by atoms with van der Waals surface area (Å²) < 4.78 is 0. The molecule has 0 aliphatic carbocycles. The van der Waals surface area contributed by atoms with E-state index in [-0.39, 0.29) is 0 Å². The largest absolute Gasteiger partial charge is 0.308 e. The van der Waals surface area contributed by atoms with E-state index in [2.05, 4.69) is 94.9 Å². The first-order valence-electron chi connectivity index (χ1n) is 9.88. The summed E-state index contributed by atoms with van der Waals surface area (Å²) in [5.41, 5.74) is 5.71. The zero-order chi connectivity index (χ0) is 20.3. The van der Waals surface area contributed by atoms with Crippen LogP contribution in [0.4, 0.5) is 22.7 Å². The molecule has 0 bridgehead atoms. The summed E-state index contributed by atoms with van der Waals surface area (Å²) in [4.78, 5) is 4.81. The third-order valence-electron chi connectivity index (χ3n) is 5.08. The number of rotatable bonds is 4. The fraction of sp³-hybridized carbons (Fsp3) is 0.0385. The molecule has 3 nitrogen and oxygen atoms in total. The van der Waals surface area contributed by atoms with Gasteiger partial charge in [0.15, 0.2) is 0 Å². The first-order valence-corrected chi connectivity index (χ1v) is 10.7. The van der Waals surface area contributed by atoms with E-state index in [0.29, 0.717) is 0 Å². The first-order chi connectivity index (χ1) is 14.8. The van der Waals surface area contributed by atoms with Gasteiger partial charge >= 0.3 is 0 Å². The van der Waals surface area contributed by atoms with Crippen LogP contribution in [-0.4, -0.2) is 13.3 Å². The molecule has 0 saturated heterocycles. The second-order valence-corrected chi connectivity index (χ2v) is 8.16. The molecule has 5 rings (SSSR count). The summed E-state index contributed by atoms with van der Waals surface area (Å²) >= 11 is 1.81. The van der Waals surface area contributed by atoms with Crippen LogP contribution in [0.2, 0.25) is 0 Å². The highest BCUT2D eigenvalue weighted by Crippen LogP contribution is 2.51. The molecule has 0 N–H and O–H groups in total. The number of hydrazone groups is 1. The first kappa shape index (κ1) is 18.5. The number of hydrogen-bond acceptors (Lipinski definition) is 4. The highest BCUT2D eigenvalue weighted by atomic mass is 32.2. The fourth-order valence-electron chi connectivity index (χ4n) is 3.57. The minimum Gasteiger partial charge on any atom is -0.308 e. The average Bonchev–Trinajstić information content (AvgIpc) is 2.82. The molecule has 1 aliphatic rings. The van der Waals surface area contributed by atoms with Crippen molar-refractivity contribution in [2.45, 2.75) is 9.79 Å². The standard InChI is InChI=1S/C26H21N3S/c1-28(21-10-4-2-5-11-21)27-19-20-16-17-24-26(18-20)30-25-15-9-8-14-23(25)29(24)22-12-6-3-7-13-22/h2-19H,1H3. The van der Waals surface area contributed by atoms with Gasteiger partial charge in [-0.3, -0.25) is 5.01 Å². The normalized spacial score (nSPS) is 12.5. The van der Waals surface area contributed by atoms with Crippen LogP contribution in [0.25, 0.3) is 0 Å². The molecule has 0 unspecified atom stereocenters. The molecule has 146 valence electrons. The Morgan fingerprint density at radius 3 is 2.20 bits per heavy atom. The van der Waals surface area contributed by atoms with Crippen LogP contribution >= 0.6 is 11.8 Å². The van der Waals surface area contributed by atoms with Crippen molar-refractivity contribution in [1.82, 2.24) is 0 Å². The lowest BCUT2D eigenvalue weighted by Gasteiger charge is -2.33. The molecule has 1 aliphatic heterocycles. The van der Waals surface area contributed by atoms with Crippen LogP contribution in [-0.2, 0) is 0 Å². The molecule has 0 amide bonds. The molecule has 4 aromatic rings. The molecule has 0 radical (unpaired) electrons. The third-order valence-corrected chi connectivity index (χ3v) is 6.19. The van der Waals surface area contributed by atoms with Gasteiger partial charge in [0.2, 0.25) is 0 Å². The lowest BCUT2D eigenvalue weighted by atomic mass is 10.1. The van der Waals surface area contributed by atoms with E-state index >= 15 is 0 Å². The Morgan fingerprint density at radius 2 is 1.40 bits per heavy atom. The molecule has 1 heterocycles. The number of anilines is 4. The highest BCUT2D eigenvalue weighted by Gasteiger charge is 2.24. The number of para-hydroxylation sites is 3. The lowest BCUT2D eigenvalue weighted by Crippen LogP contribution is -2.15. The summed E-state index contributed by atoms with van der Waals surface area (Å²) in [6, 6.07) is 35.8. The van der Waals surface area contributed by atoms with Crippen LogP contribution in [0, 0.1) is 0 Å². The van der Waals surface area contributed by atoms with Crippen molar-refractivity contribution in [1.29, 1.82) is 0 Å². The van der Waals surface area contributed by atoms with Gasteiger partial charge in [0, 0.05) is 22.5 Å². The monoisotopic (exact) mass is 407 g/mol.